The molecule has 5 heteroatoms. The van der Waals surface area contributed by atoms with Gasteiger partial charge in [0.25, 0.3) is 0 Å². The molecular formula is C8H12ClN3S. The molecule has 0 atom stereocenters. The maximum Gasteiger partial charge on any atom is 0.0909 e. The zero-order chi connectivity index (χ0) is 8.55. The molecule has 0 amide bonds. The van der Waals surface area contributed by atoms with Gasteiger partial charge in [0.1, 0.15) is 0 Å². The average molecular weight is 218 g/mol. The maximum atomic E-state index is 4.25. The van der Waals surface area contributed by atoms with Crippen LogP contribution in [0.4, 0.5) is 5.00 Å². The van der Waals surface area contributed by atoms with Gasteiger partial charge in [0.15, 0.2) is 0 Å². The van der Waals surface area contributed by atoms with Gasteiger partial charge in [0.2, 0.25) is 0 Å². The molecule has 0 aliphatic heterocycles. The molecule has 2 aromatic heterocycles. The van der Waals surface area contributed by atoms with Crippen molar-refractivity contribution in [3.05, 3.63) is 12.3 Å². The van der Waals surface area contributed by atoms with Gasteiger partial charge < -0.3 is 5.32 Å². The summed E-state index contributed by atoms with van der Waals surface area (Å²) in [6.07, 6.45) is 1.92. The highest BCUT2D eigenvalue weighted by Gasteiger charge is 2.04. The lowest BCUT2D eigenvalue weighted by molar-refractivity contribution is 0.684. The second-order valence-electron chi connectivity index (χ2n) is 2.57. The number of aryl methyl sites for hydroxylation is 1. The van der Waals surface area contributed by atoms with Gasteiger partial charge in [-0.15, -0.1) is 23.7 Å². The first-order chi connectivity index (χ1) is 5.85. The Kier molecular flexibility index (Phi) is 3.17. The van der Waals surface area contributed by atoms with Crippen molar-refractivity contribution in [1.82, 2.24) is 9.78 Å². The first-order valence-corrected chi connectivity index (χ1v) is 4.80. The van der Waals surface area contributed by atoms with E-state index in [1.54, 1.807) is 11.3 Å². The highest BCUT2D eigenvalue weighted by atomic mass is 35.5. The topological polar surface area (TPSA) is 29.9 Å². The molecule has 0 spiro atoms. The fourth-order valence-electron chi connectivity index (χ4n) is 1.25. The Morgan fingerprint density at radius 2 is 2.38 bits per heavy atom. The third-order valence-corrected chi connectivity index (χ3v) is 2.95. The Hall–Kier alpha value is -0.740. The van der Waals surface area contributed by atoms with Gasteiger partial charge in [-0.3, -0.25) is 4.68 Å². The van der Waals surface area contributed by atoms with Gasteiger partial charge in [-0.2, -0.15) is 5.10 Å². The van der Waals surface area contributed by atoms with Crippen molar-refractivity contribution in [2.75, 3.05) is 12.4 Å². The average Bonchev–Trinajstić information content (AvgIpc) is 2.61. The monoisotopic (exact) mass is 217 g/mol. The number of halogens is 1. The Morgan fingerprint density at radius 1 is 1.62 bits per heavy atom. The summed E-state index contributed by atoms with van der Waals surface area (Å²) in [5, 5.41) is 8.58. The predicted molar refractivity (Wildman–Crippen MR) is 60.1 cm³/mol. The van der Waals surface area contributed by atoms with Crippen molar-refractivity contribution in [1.29, 1.82) is 0 Å². The lowest BCUT2D eigenvalue weighted by Gasteiger charge is -1.93. The minimum absolute atomic E-state index is 0. The molecule has 0 saturated carbocycles. The summed E-state index contributed by atoms with van der Waals surface area (Å²) in [5.74, 6) is 0. The first-order valence-electron chi connectivity index (χ1n) is 3.98. The Bertz CT molecular complexity index is 393. The highest BCUT2D eigenvalue weighted by Crippen LogP contribution is 2.28. The van der Waals surface area contributed by atoms with Crippen molar-refractivity contribution >= 4 is 39.0 Å². The molecule has 0 radical (unpaired) electrons. The molecule has 0 bridgehead atoms. The van der Waals surface area contributed by atoms with Gasteiger partial charge in [-0.1, -0.05) is 0 Å². The minimum atomic E-state index is 0. The summed E-state index contributed by atoms with van der Waals surface area (Å²) in [5.41, 5.74) is 1.23. The Labute approximate surface area is 87.2 Å². The number of hydrogen-bond acceptors (Lipinski definition) is 3. The normalized spacial score (nSPS) is 10.0. The van der Waals surface area contributed by atoms with E-state index in [4.69, 9.17) is 0 Å². The van der Waals surface area contributed by atoms with Crippen molar-refractivity contribution in [2.45, 2.75) is 13.5 Å². The lowest BCUT2D eigenvalue weighted by Crippen LogP contribution is -1.94. The van der Waals surface area contributed by atoms with Gasteiger partial charge in [0, 0.05) is 13.6 Å². The fraction of sp³-hybridized carbons (Fsp3) is 0.375. The number of rotatable bonds is 2. The van der Waals surface area contributed by atoms with Crippen LogP contribution in [-0.4, -0.2) is 16.8 Å². The lowest BCUT2D eigenvalue weighted by atomic mass is 10.5. The van der Waals surface area contributed by atoms with E-state index in [-0.39, 0.29) is 12.4 Å². The molecule has 72 valence electrons. The number of hydrogen-bond donors (Lipinski definition) is 1. The highest BCUT2D eigenvalue weighted by molar-refractivity contribution is 7.22. The van der Waals surface area contributed by atoms with Crippen molar-refractivity contribution < 1.29 is 0 Å². The van der Waals surface area contributed by atoms with E-state index in [1.807, 2.05) is 17.9 Å². The zero-order valence-corrected chi connectivity index (χ0v) is 9.21. The fourth-order valence-corrected chi connectivity index (χ4v) is 2.13. The van der Waals surface area contributed by atoms with Crippen molar-refractivity contribution in [3.63, 3.8) is 0 Å². The summed E-state index contributed by atoms with van der Waals surface area (Å²) in [6.45, 7) is 3.03. The molecule has 2 rings (SSSR count). The minimum Gasteiger partial charge on any atom is -0.380 e. The van der Waals surface area contributed by atoms with Crippen LogP contribution < -0.4 is 5.32 Å². The third-order valence-electron chi connectivity index (χ3n) is 1.88. The molecule has 0 aliphatic carbocycles. The molecule has 1 N–H and O–H groups in total. The molecule has 0 aliphatic rings. The third kappa shape index (κ3) is 1.64. The number of anilines is 1. The molecule has 0 aromatic carbocycles. The van der Waals surface area contributed by atoms with Crippen LogP contribution in [0.1, 0.15) is 6.92 Å². The van der Waals surface area contributed by atoms with Gasteiger partial charge in [0.05, 0.1) is 21.4 Å². The number of thiophene rings is 1. The maximum absolute atomic E-state index is 4.25. The molecule has 3 nitrogen and oxygen atoms in total. The van der Waals surface area contributed by atoms with Crippen LogP contribution in [0, 0.1) is 0 Å². The number of nitrogens with zero attached hydrogens (tertiary/aromatic N) is 2. The van der Waals surface area contributed by atoms with Crippen molar-refractivity contribution in [3.8, 4) is 0 Å². The van der Waals surface area contributed by atoms with E-state index in [0.29, 0.717) is 0 Å². The summed E-state index contributed by atoms with van der Waals surface area (Å²) in [6, 6.07) is 2.14. The standard InChI is InChI=1S/C8H11N3S.ClH/c1-3-11-6-4-8(9-2)12-7(6)5-10-11;/h4-5,9H,3H2,1-2H3;1H. The second kappa shape index (κ2) is 3.98. The molecule has 13 heavy (non-hydrogen) atoms. The van der Waals surface area contributed by atoms with Crippen LogP contribution in [0.5, 0.6) is 0 Å². The quantitative estimate of drug-likeness (QED) is 0.838. The van der Waals surface area contributed by atoms with E-state index < -0.39 is 0 Å². The van der Waals surface area contributed by atoms with E-state index in [2.05, 4.69) is 23.4 Å². The summed E-state index contributed by atoms with van der Waals surface area (Å²) >= 11 is 1.74. The predicted octanol–water partition coefficient (Wildman–Crippen LogP) is 2.58. The SMILES string of the molecule is CCn1ncc2sc(NC)cc21.Cl. The largest absolute Gasteiger partial charge is 0.380 e. The van der Waals surface area contributed by atoms with E-state index >= 15 is 0 Å². The van der Waals surface area contributed by atoms with Crippen LogP contribution >= 0.6 is 23.7 Å². The number of aromatic nitrogens is 2. The van der Waals surface area contributed by atoms with Gasteiger partial charge >= 0.3 is 0 Å². The van der Waals surface area contributed by atoms with E-state index in [0.717, 1.165) is 6.54 Å². The van der Waals surface area contributed by atoms with Crippen LogP contribution in [0.3, 0.4) is 0 Å². The number of fused-ring (bicyclic) bond motifs is 1. The smallest absolute Gasteiger partial charge is 0.0909 e. The van der Waals surface area contributed by atoms with Crippen molar-refractivity contribution in [2.24, 2.45) is 0 Å². The van der Waals surface area contributed by atoms with Crippen LogP contribution in [0.25, 0.3) is 10.2 Å². The molecule has 0 unspecified atom stereocenters. The zero-order valence-electron chi connectivity index (χ0n) is 7.57. The van der Waals surface area contributed by atoms with Crippen LogP contribution in [-0.2, 0) is 6.54 Å². The van der Waals surface area contributed by atoms with Crippen LogP contribution in [0.15, 0.2) is 12.3 Å². The van der Waals surface area contributed by atoms with E-state index in [1.165, 1.54) is 15.2 Å². The molecular weight excluding hydrogens is 206 g/mol. The van der Waals surface area contributed by atoms with Gasteiger partial charge in [-0.05, 0) is 13.0 Å². The number of nitrogens with one attached hydrogen (secondary N) is 1. The summed E-state index contributed by atoms with van der Waals surface area (Å²) in [7, 11) is 1.94. The molecule has 2 heterocycles. The molecule has 2 aromatic rings. The summed E-state index contributed by atoms with van der Waals surface area (Å²) in [4.78, 5) is 0. The summed E-state index contributed by atoms with van der Waals surface area (Å²) < 4.78 is 3.26. The Morgan fingerprint density at radius 3 is 3.00 bits per heavy atom. The Balaban J connectivity index is 0.000000845. The van der Waals surface area contributed by atoms with Gasteiger partial charge in [-0.25, -0.2) is 0 Å². The molecule has 0 saturated heterocycles. The van der Waals surface area contributed by atoms with E-state index in [9.17, 15) is 0 Å². The second-order valence-corrected chi connectivity index (χ2v) is 3.65. The molecule has 0 fully saturated rings. The van der Waals surface area contributed by atoms with Crippen LogP contribution in [0.2, 0.25) is 0 Å². The first kappa shape index (κ1) is 10.3.